The van der Waals surface area contributed by atoms with Crippen LogP contribution < -0.4 is 10.6 Å². The Kier molecular flexibility index (Phi) is 8.21. The lowest BCUT2D eigenvalue weighted by atomic mass is 10.0. The molecule has 6 rings (SSSR count). The molecule has 1 amide bonds. The summed E-state index contributed by atoms with van der Waals surface area (Å²) in [5.41, 5.74) is 2.23. The molecule has 2 fully saturated rings. The number of halogens is 3. The number of carbonyl (C=O) groups is 1. The van der Waals surface area contributed by atoms with Gasteiger partial charge in [-0.25, -0.2) is 4.98 Å². The molecule has 4 heterocycles. The summed E-state index contributed by atoms with van der Waals surface area (Å²) in [6, 6.07) is 9.75. The van der Waals surface area contributed by atoms with Crippen molar-refractivity contribution in [3.05, 3.63) is 88.5 Å². The van der Waals surface area contributed by atoms with Gasteiger partial charge in [-0.1, -0.05) is 17.9 Å². The third kappa shape index (κ3) is 6.82. The highest BCUT2D eigenvalue weighted by molar-refractivity contribution is 6.04. The van der Waals surface area contributed by atoms with E-state index < -0.39 is 17.6 Å². The summed E-state index contributed by atoms with van der Waals surface area (Å²) in [5.74, 6) is 6.38. The lowest BCUT2D eigenvalue weighted by Gasteiger charge is -2.33. The highest BCUT2D eigenvalue weighted by Crippen LogP contribution is 2.35. The molecule has 0 atom stereocenters. The molecule has 3 aromatic heterocycles. The van der Waals surface area contributed by atoms with E-state index in [2.05, 4.69) is 42.3 Å². The quantitative estimate of drug-likeness (QED) is 0.290. The van der Waals surface area contributed by atoms with Crippen molar-refractivity contribution in [3.8, 4) is 11.8 Å². The largest absolute Gasteiger partial charge is 0.416 e. The lowest BCUT2D eigenvalue weighted by molar-refractivity contribution is -0.138. The van der Waals surface area contributed by atoms with E-state index in [9.17, 15) is 18.0 Å². The second-order valence-corrected chi connectivity index (χ2v) is 11.3. The number of anilines is 2. The number of nitrogens with zero attached hydrogens (tertiary/aromatic N) is 5. The molecule has 8 nitrogen and oxygen atoms in total. The van der Waals surface area contributed by atoms with E-state index in [1.165, 1.54) is 18.3 Å². The Balaban J connectivity index is 1.21. The first-order valence-electron chi connectivity index (χ1n) is 14.6. The number of aryl methyl sites for hydroxylation is 1. The number of likely N-dealkylation sites (N-methyl/N-ethyl adjacent to an activating group) is 1. The molecule has 1 saturated carbocycles. The van der Waals surface area contributed by atoms with E-state index in [1.807, 2.05) is 24.1 Å². The first kappa shape index (κ1) is 29.5. The third-order valence-corrected chi connectivity index (χ3v) is 7.91. The van der Waals surface area contributed by atoms with Crippen molar-refractivity contribution >= 4 is 28.3 Å². The Hall–Kier alpha value is -4.53. The number of alkyl halides is 3. The minimum absolute atomic E-state index is 0.0580. The van der Waals surface area contributed by atoms with Gasteiger partial charge in [-0.2, -0.15) is 13.2 Å². The normalized spacial score (nSPS) is 15.9. The van der Waals surface area contributed by atoms with Crippen LogP contribution in [0.1, 0.15) is 51.1 Å². The van der Waals surface area contributed by atoms with Gasteiger partial charge in [-0.3, -0.25) is 19.7 Å². The van der Waals surface area contributed by atoms with E-state index in [0.29, 0.717) is 36.0 Å². The number of hydrogen-bond acceptors (Lipinski definition) is 7. The number of nitrogens with one attached hydrogen (secondary N) is 2. The second kappa shape index (κ2) is 12.2. The van der Waals surface area contributed by atoms with Crippen LogP contribution in [-0.2, 0) is 12.7 Å². The summed E-state index contributed by atoms with van der Waals surface area (Å²) in [4.78, 5) is 30.7. The van der Waals surface area contributed by atoms with Gasteiger partial charge < -0.3 is 15.5 Å². The average Bonchev–Trinajstić information content (AvgIpc) is 3.83. The summed E-state index contributed by atoms with van der Waals surface area (Å²) in [6.07, 6.45) is 2.47. The minimum atomic E-state index is -4.56. The molecule has 0 unspecified atom stereocenters. The SMILES string of the molecule is Cc1ncc(C(=O)Nc2ccc(CN3CCN(C)CC3)c(C(F)(F)F)c2)cc1C#Cc1cnc(NC2CC2)c2ncccc12. The number of fused-ring (bicyclic) bond motifs is 1. The molecule has 0 spiro atoms. The van der Waals surface area contributed by atoms with E-state index >= 15 is 0 Å². The van der Waals surface area contributed by atoms with Crippen LogP contribution >= 0.6 is 0 Å². The van der Waals surface area contributed by atoms with Gasteiger partial charge in [0.25, 0.3) is 5.91 Å². The van der Waals surface area contributed by atoms with E-state index in [1.54, 1.807) is 25.4 Å². The van der Waals surface area contributed by atoms with Gasteiger partial charge >= 0.3 is 6.18 Å². The Labute approximate surface area is 253 Å². The predicted octanol–water partition coefficient (Wildman–Crippen LogP) is 5.33. The zero-order chi connectivity index (χ0) is 30.8. The number of aromatic nitrogens is 3. The lowest BCUT2D eigenvalue weighted by Crippen LogP contribution is -2.44. The molecule has 4 aromatic rings. The molecule has 226 valence electrons. The number of pyridine rings is 3. The van der Waals surface area contributed by atoms with Crippen molar-refractivity contribution in [3.63, 3.8) is 0 Å². The van der Waals surface area contributed by atoms with Crippen molar-refractivity contribution in [1.29, 1.82) is 0 Å². The molecule has 1 saturated heterocycles. The molecular weight excluding hydrogens is 567 g/mol. The van der Waals surface area contributed by atoms with Crippen LogP contribution in [0.2, 0.25) is 0 Å². The second-order valence-electron chi connectivity index (χ2n) is 11.3. The van der Waals surface area contributed by atoms with Crippen LogP contribution in [0.5, 0.6) is 0 Å². The van der Waals surface area contributed by atoms with Gasteiger partial charge in [0.1, 0.15) is 5.52 Å². The molecule has 1 aliphatic carbocycles. The van der Waals surface area contributed by atoms with Crippen LogP contribution in [0.4, 0.5) is 24.7 Å². The van der Waals surface area contributed by atoms with Crippen molar-refractivity contribution in [2.75, 3.05) is 43.9 Å². The predicted molar refractivity (Wildman–Crippen MR) is 163 cm³/mol. The smallest absolute Gasteiger partial charge is 0.366 e. The first-order chi connectivity index (χ1) is 21.1. The number of amides is 1. The van der Waals surface area contributed by atoms with Gasteiger partial charge in [-0.05, 0) is 62.7 Å². The van der Waals surface area contributed by atoms with Crippen LogP contribution in [0.3, 0.4) is 0 Å². The van der Waals surface area contributed by atoms with Crippen LogP contribution in [-0.4, -0.2) is 69.9 Å². The molecule has 1 aliphatic heterocycles. The fraction of sp³-hybridized carbons (Fsp3) is 0.333. The summed E-state index contributed by atoms with van der Waals surface area (Å²) in [6.45, 7) is 4.99. The van der Waals surface area contributed by atoms with Gasteiger partial charge in [0.05, 0.1) is 22.4 Å². The van der Waals surface area contributed by atoms with E-state index in [-0.39, 0.29) is 23.4 Å². The molecule has 1 aromatic carbocycles. The zero-order valence-corrected chi connectivity index (χ0v) is 24.5. The highest BCUT2D eigenvalue weighted by Gasteiger charge is 2.34. The van der Waals surface area contributed by atoms with Gasteiger partial charge in [-0.15, -0.1) is 0 Å². The number of piperazine rings is 1. The van der Waals surface area contributed by atoms with Gasteiger partial charge in [0.15, 0.2) is 5.82 Å². The topological polar surface area (TPSA) is 86.3 Å². The van der Waals surface area contributed by atoms with Crippen molar-refractivity contribution in [2.24, 2.45) is 0 Å². The van der Waals surface area contributed by atoms with Crippen LogP contribution in [0.25, 0.3) is 10.9 Å². The fourth-order valence-electron chi connectivity index (χ4n) is 5.12. The molecule has 44 heavy (non-hydrogen) atoms. The first-order valence-corrected chi connectivity index (χ1v) is 14.6. The Morgan fingerprint density at radius 2 is 1.77 bits per heavy atom. The number of rotatable bonds is 6. The van der Waals surface area contributed by atoms with Crippen LogP contribution in [0.15, 0.2) is 55.0 Å². The Morgan fingerprint density at radius 1 is 1.00 bits per heavy atom. The summed E-state index contributed by atoms with van der Waals surface area (Å²) >= 11 is 0. The third-order valence-electron chi connectivity index (χ3n) is 7.91. The number of benzene rings is 1. The molecule has 2 N–H and O–H groups in total. The fourth-order valence-corrected chi connectivity index (χ4v) is 5.12. The molecule has 2 aliphatic rings. The average molecular weight is 600 g/mol. The maximum Gasteiger partial charge on any atom is 0.416 e. The Bertz CT molecular complexity index is 1770. The molecule has 0 radical (unpaired) electrons. The molecule has 0 bridgehead atoms. The van der Waals surface area contributed by atoms with Gasteiger partial charge in [0.2, 0.25) is 0 Å². The summed E-state index contributed by atoms with van der Waals surface area (Å²) < 4.78 is 42.1. The number of hydrogen-bond donors (Lipinski definition) is 2. The van der Waals surface area contributed by atoms with E-state index in [4.69, 9.17) is 0 Å². The van der Waals surface area contributed by atoms with Gasteiger partial charge in [0, 0.05) is 74.0 Å². The summed E-state index contributed by atoms with van der Waals surface area (Å²) in [7, 11) is 2.00. The van der Waals surface area contributed by atoms with Crippen molar-refractivity contribution in [1.82, 2.24) is 24.8 Å². The molecule has 11 heteroatoms. The number of carbonyl (C=O) groups excluding carboxylic acids is 1. The maximum atomic E-state index is 14.0. The van der Waals surface area contributed by atoms with Crippen molar-refractivity contribution < 1.29 is 18.0 Å². The minimum Gasteiger partial charge on any atom is -0.366 e. The monoisotopic (exact) mass is 599 g/mol. The van der Waals surface area contributed by atoms with Crippen molar-refractivity contribution in [2.45, 2.75) is 38.5 Å². The maximum absolute atomic E-state index is 14.0. The molecular formula is C33H32F3N7O. The Morgan fingerprint density at radius 3 is 2.52 bits per heavy atom. The summed E-state index contributed by atoms with van der Waals surface area (Å²) in [5, 5.41) is 6.86. The highest BCUT2D eigenvalue weighted by atomic mass is 19.4. The van der Waals surface area contributed by atoms with E-state index in [0.717, 1.165) is 48.7 Å². The zero-order valence-electron chi connectivity index (χ0n) is 24.5. The standard InChI is InChI=1S/C33H32F3N7O/c1-21-22(5-6-23-18-39-31(40-26-9-10-26)30-28(23)4-3-11-37-30)16-25(19-38-21)32(44)41-27-8-7-24(29(17-27)33(34,35)36)20-43-14-12-42(2)13-15-43/h3-4,7-8,11,16-19,26H,9-10,12-15,20H2,1-2H3,(H,39,40)(H,41,44). The van der Waals surface area contributed by atoms with Crippen LogP contribution in [0, 0.1) is 18.8 Å².